The highest BCUT2D eigenvalue weighted by Crippen LogP contribution is 2.38. The summed E-state index contributed by atoms with van der Waals surface area (Å²) in [5, 5.41) is 6.70. The Morgan fingerprint density at radius 1 is 1.04 bits per heavy atom. The highest BCUT2D eigenvalue weighted by atomic mass is 32.1. The van der Waals surface area contributed by atoms with Crippen LogP contribution in [0.2, 0.25) is 0 Å². The number of methoxy groups -OCH3 is 1. The van der Waals surface area contributed by atoms with Crippen LogP contribution in [-0.2, 0) is 4.74 Å². The third-order valence-electron chi connectivity index (χ3n) is 4.26. The van der Waals surface area contributed by atoms with Gasteiger partial charge in [-0.2, -0.15) is 0 Å². The van der Waals surface area contributed by atoms with Gasteiger partial charge in [0.05, 0.1) is 5.39 Å². The number of nitrogens with zero attached hydrogens (tertiary/aromatic N) is 3. The number of pyridine rings is 1. The first kappa shape index (κ1) is 17.6. The molecule has 0 unspecified atom stereocenters. The number of thiophene rings is 1. The molecule has 1 aromatic carbocycles. The second-order valence-corrected chi connectivity index (χ2v) is 6.96. The van der Waals surface area contributed by atoms with Crippen LogP contribution in [0.1, 0.15) is 6.42 Å². The van der Waals surface area contributed by atoms with Gasteiger partial charge in [0, 0.05) is 49.2 Å². The standard InChI is InChI=1S/C21H20N4OS/c1-26-12-6-11-23-20-18-17(15-7-3-2-4-8-15)14-27-21(18)25-19(24-20)16-9-5-10-22-13-16/h2-5,7-10,13-14H,6,11-12H2,1H3,(H,23,24,25). The van der Waals surface area contributed by atoms with Crippen molar-refractivity contribution in [1.82, 2.24) is 15.0 Å². The SMILES string of the molecule is COCCCNc1nc(-c2cccnc2)nc2scc(-c3ccccc3)c12. The van der Waals surface area contributed by atoms with Crippen LogP contribution in [0.15, 0.2) is 60.2 Å². The van der Waals surface area contributed by atoms with Gasteiger partial charge in [-0.3, -0.25) is 4.98 Å². The lowest BCUT2D eigenvalue weighted by atomic mass is 10.1. The van der Waals surface area contributed by atoms with Gasteiger partial charge in [0.15, 0.2) is 5.82 Å². The predicted molar refractivity (Wildman–Crippen MR) is 111 cm³/mol. The Balaban J connectivity index is 1.81. The van der Waals surface area contributed by atoms with E-state index in [-0.39, 0.29) is 0 Å². The number of ether oxygens (including phenoxy) is 1. The molecule has 27 heavy (non-hydrogen) atoms. The molecule has 0 saturated carbocycles. The van der Waals surface area contributed by atoms with Crippen LogP contribution >= 0.6 is 11.3 Å². The molecular weight excluding hydrogens is 356 g/mol. The molecule has 3 heterocycles. The van der Waals surface area contributed by atoms with E-state index in [0.29, 0.717) is 12.4 Å². The summed E-state index contributed by atoms with van der Waals surface area (Å²) in [6, 6.07) is 14.2. The van der Waals surface area contributed by atoms with Crippen LogP contribution in [0.25, 0.3) is 32.7 Å². The lowest BCUT2D eigenvalue weighted by Crippen LogP contribution is -2.07. The fourth-order valence-electron chi connectivity index (χ4n) is 2.95. The zero-order valence-corrected chi connectivity index (χ0v) is 15.9. The number of aromatic nitrogens is 3. The third-order valence-corrected chi connectivity index (χ3v) is 5.13. The zero-order valence-electron chi connectivity index (χ0n) is 15.1. The molecule has 0 aliphatic rings. The number of nitrogens with one attached hydrogen (secondary N) is 1. The van der Waals surface area contributed by atoms with Crippen molar-refractivity contribution in [2.45, 2.75) is 6.42 Å². The second kappa shape index (κ2) is 8.24. The van der Waals surface area contributed by atoms with Crippen LogP contribution in [0, 0.1) is 0 Å². The maximum absolute atomic E-state index is 5.16. The maximum atomic E-state index is 5.16. The molecule has 0 atom stereocenters. The Morgan fingerprint density at radius 2 is 1.89 bits per heavy atom. The van der Waals surface area contributed by atoms with Gasteiger partial charge in [0.25, 0.3) is 0 Å². The second-order valence-electron chi connectivity index (χ2n) is 6.11. The van der Waals surface area contributed by atoms with Gasteiger partial charge in [0.1, 0.15) is 10.6 Å². The van der Waals surface area contributed by atoms with Gasteiger partial charge in [-0.05, 0) is 24.1 Å². The van der Waals surface area contributed by atoms with Crippen molar-refractivity contribution in [3.8, 4) is 22.5 Å². The van der Waals surface area contributed by atoms with E-state index in [2.05, 4.69) is 39.9 Å². The number of anilines is 1. The molecule has 0 saturated heterocycles. The summed E-state index contributed by atoms with van der Waals surface area (Å²) >= 11 is 1.64. The van der Waals surface area contributed by atoms with Crippen molar-refractivity contribution in [3.05, 3.63) is 60.2 Å². The number of fused-ring (bicyclic) bond motifs is 1. The molecule has 0 spiro atoms. The van der Waals surface area contributed by atoms with Crippen LogP contribution in [0.4, 0.5) is 5.82 Å². The largest absolute Gasteiger partial charge is 0.385 e. The van der Waals surface area contributed by atoms with Gasteiger partial charge < -0.3 is 10.1 Å². The Labute approximate surface area is 162 Å². The molecule has 5 nitrogen and oxygen atoms in total. The van der Waals surface area contributed by atoms with Crippen molar-refractivity contribution in [1.29, 1.82) is 0 Å². The third kappa shape index (κ3) is 3.82. The van der Waals surface area contributed by atoms with Crippen molar-refractivity contribution < 1.29 is 4.74 Å². The van der Waals surface area contributed by atoms with E-state index in [4.69, 9.17) is 14.7 Å². The molecule has 0 bridgehead atoms. The van der Waals surface area contributed by atoms with Crippen LogP contribution in [-0.4, -0.2) is 35.2 Å². The Kier molecular flexibility index (Phi) is 5.37. The monoisotopic (exact) mass is 376 g/mol. The average Bonchev–Trinajstić information content (AvgIpc) is 3.17. The summed E-state index contributed by atoms with van der Waals surface area (Å²) in [5.41, 5.74) is 3.23. The molecule has 4 aromatic rings. The molecule has 136 valence electrons. The number of rotatable bonds is 7. The first-order valence-corrected chi connectivity index (χ1v) is 9.72. The van der Waals surface area contributed by atoms with Crippen LogP contribution < -0.4 is 5.32 Å². The minimum atomic E-state index is 0.686. The Hall–Kier alpha value is -2.83. The molecule has 0 radical (unpaired) electrons. The van der Waals surface area contributed by atoms with Gasteiger partial charge >= 0.3 is 0 Å². The minimum absolute atomic E-state index is 0.686. The van der Waals surface area contributed by atoms with E-state index in [9.17, 15) is 0 Å². The molecule has 4 rings (SSSR count). The fraction of sp³-hybridized carbons (Fsp3) is 0.190. The topological polar surface area (TPSA) is 59.9 Å². The first-order chi connectivity index (χ1) is 13.4. The Bertz CT molecular complexity index is 1020. The van der Waals surface area contributed by atoms with Crippen molar-refractivity contribution >= 4 is 27.4 Å². The summed E-state index contributed by atoms with van der Waals surface area (Å²) in [6.45, 7) is 1.50. The minimum Gasteiger partial charge on any atom is -0.385 e. The smallest absolute Gasteiger partial charge is 0.164 e. The molecular formula is C21H20N4OS. The van der Waals surface area contributed by atoms with E-state index in [0.717, 1.165) is 40.1 Å². The molecule has 0 aliphatic carbocycles. The van der Waals surface area contributed by atoms with Crippen molar-refractivity contribution in [2.24, 2.45) is 0 Å². The highest BCUT2D eigenvalue weighted by molar-refractivity contribution is 7.17. The van der Waals surface area contributed by atoms with Gasteiger partial charge in [-0.25, -0.2) is 9.97 Å². The van der Waals surface area contributed by atoms with Crippen molar-refractivity contribution in [2.75, 3.05) is 25.6 Å². The van der Waals surface area contributed by atoms with Gasteiger partial charge in [0.2, 0.25) is 0 Å². The van der Waals surface area contributed by atoms with E-state index >= 15 is 0 Å². The van der Waals surface area contributed by atoms with Crippen LogP contribution in [0.3, 0.4) is 0 Å². The number of hydrogen-bond donors (Lipinski definition) is 1. The molecule has 6 heteroatoms. The summed E-state index contributed by atoms with van der Waals surface area (Å²) in [7, 11) is 1.72. The molecule has 1 N–H and O–H groups in total. The molecule has 3 aromatic heterocycles. The lowest BCUT2D eigenvalue weighted by molar-refractivity contribution is 0.198. The quantitative estimate of drug-likeness (QED) is 0.466. The first-order valence-electron chi connectivity index (χ1n) is 8.84. The lowest BCUT2D eigenvalue weighted by Gasteiger charge is -2.10. The fourth-order valence-corrected chi connectivity index (χ4v) is 3.89. The van der Waals surface area contributed by atoms with Crippen LogP contribution in [0.5, 0.6) is 0 Å². The number of benzene rings is 1. The molecule has 0 aliphatic heterocycles. The summed E-state index contributed by atoms with van der Waals surface area (Å²) in [6.07, 6.45) is 4.46. The van der Waals surface area contributed by atoms with E-state index in [1.54, 1.807) is 30.8 Å². The predicted octanol–water partition coefficient (Wildman–Crippen LogP) is 4.87. The zero-order chi connectivity index (χ0) is 18.5. The average molecular weight is 376 g/mol. The van der Waals surface area contributed by atoms with E-state index < -0.39 is 0 Å². The van der Waals surface area contributed by atoms with Crippen molar-refractivity contribution in [3.63, 3.8) is 0 Å². The molecule has 0 amide bonds. The van der Waals surface area contributed by atoms with Gasteiger partial charge in [-0.1, -0.05) is 30.3 Å². The number of hydrogen-bond acceptors (Lipinski definition) is 6. The van der Waals surface area contributed by atoms with Gasteiger partial charge in [-0.15, -0.1) is 11.3 Å². The molecule has 0 fully saturated rings. The normalized spacial score (nSPS) is 11.0. The Morgan fingerprint density at radius 3 is 2.67 bits per heavy atom. The van der Waals surface area contributed by atoms with E-state index in [1.165, 1.54) is 5.56 Å². The maximum Gasteiger partial charge on any atom is 0.164 e. The summed E-state index contributed by atoms with van der Waals surface area (Å²) in [4.78, 5) is 14.8. The highest BCUT2D eigenvalue weighted by Gasteiger charge is 2.16. The summed E-state index contributed by atoms with van der Waals surface area (Å²) in [5.74, 6) is 1.54. The van der Waals surface area contributed by atoms with E-state index in [1.807, 2.05) is 18.2 Å². The summed E-state index contributed by atoms with van der Waals surface area (Å²) < 4.78 is 5.16.